The molecule has 5 heteroatoms. The second-order valence-corrected chi connectivity index (χ2v) is 5.82. The van der Waals surface area contributed by atoms with Crippen LogP contribution in [0.5, 0.6) is 0 Å². The lowest BCUT2D eigenvalue weighted by molar-refractivity contribution is 0.715. The number of aromatic nitrogens is 2. The van der Waals surface area contributed by atoms with Crippen molar-refractivity contribution in [2.75, 3.05) is 5.32 Å². The van der Waals surface area contributed by atoms with Crippen LogP contribution in [0.15, 0.2) is 24.4 Å². The standard InChI is InChI=1S/C16H22N4S/c1-10-7-6-8-15(11(10)2)18-16(21)17-12(3)14-9-20(5)19-13(14)4/h6-9,12H,1-5H3,(H2,17,18,21). The molecule has 0 bridgehead atoms. The number of rotatable bonds is 3. The topological polar surface area (TPSA) is 41.9 Å². The molecular weight excluding hydrogens is 280 g/mol. The Bertz CT molecular complexity index is 660. The van der Waals surface area contributed by atoms with Crippen LogP contribution in [-0.2, 0) is 7.05 Å². The Morgan fingerprint density at radius 2 is 2.00 bits per heavy atom. The molecule has 2 N–H and O–H groups in total. The van der Waals surface area contributed by atoms with Crippen molar-refractivity contribution < 1.29 is 0 Å². The molecule has 0 amide bonds. The van der Waals surface area contributed by atoms with Crippen molar-refractivity contribution in [1.29, 1.82) is 0 Å². The van der Waals surface area contributed by atoms with E-state index in [-0.39, 0.29) is 6.04 Å². The highest BCUT2D eigenvalue weighted by atomic mass is 32.1. The second-order valence-electron chi connectivity index (χ2n) is 5.41. The summed E-state index contributed by atoms with van der Waals surface area (Å²) in [5.74, 6) is 0. The second kappa shape index (κ2) is 6.26. The van der Waals surface area contributed by atoms with E-state index in [4.69, 9.17) is 12.2 Å². The van der Waals surface area contributed by atoms with Crippen molar-refractivity contribution in [2.45, 2.75) is 33.7 Å². The lowest BCUT2D eigenvalue weighted by Crippen LogP contribution is -2.31. The zero-order chi connectivity index (χ0) is 15.6. The SMILES string of the molecule is Cc1cccc(NC(=S)NC(C)c2cn(C)nc2C)c1C. The van der Waals surface area contributed by atoms with Crippen molar-refractivity contribution in [3.63, 3.8) is 0 Å². The Labute approximate surface area is 131 Å². The minimum Gasteiger partial charge on any atom is -0.356 e. The van der Waals surface area contributed by atoms with Gasteiger partial charge in [-0.3, -0.25) is 4.68 Å². The lowest BCUT2D eigenvalue weighted by atomic mass is 10.1. The summed E-state index contributed by atoms with van der Waals surface area (Å²) in [5.41, 5.74) is 5.68. The van der Waals surface area contributed by atoms with Gasteiger partial charge in [0.15, 0.2) is 5.11 Å². The average Bonchev–Trinajstić information content (AvgIpc) is 2.74. The summed E-state index contributed by atoms with van der Waals surface area (Å²) in [6.07, 6.45) is 2.02. The van der Waals surface area contributed by atoms with Crippen molar-refractivity contribution in [2.24, 2.45) is 7.05 Å². The van der Waals surface area contributed by atoms with E-state index in [0.717, 1.165) is 16.9 Å². The molecule has 21 heavy (non-hydrogen) atoms. The zero-order valence-corrected chi connectivity index (χ0v) is 14.0. The molecule has 0 spiro atoms. The molecule has 0 aliphatic heterocycles. The maximum atomic E-state index is 5.42. The Hall–Kier alpha value is -1.88. The number of aryl methyl sites for hydroxylation is 3. The maximum Gasteiger partial charge on any atom is 0.171 e. The number of nitrogens with one attached hydrogen (secondary N) is 2. The van der Waals surface area contributed by atoms with Gasteiger partial charge in [-0.2, -0.15) is 5.10 Å². The van der Waals surface area contributed by atoms with E-state index in [0.29, 0.717) is 5.11 Å². The van der Waals surface area contributed by atoms with Crippen LogP contribution in [0.1, 0.15) is 35.3 Å². The molecule has 1 atom stereocenters. The van der Waals surface area contributed by atoms with Gasteiger partial charge in [0, 0.05) is 24.5 Å². The van der Waals surface area contributed by atoms with E-state index >= 15 is 0 Å². The Morgan fingerprint density at radius 1 is 1.29 bits per heavy atom. The molecule has 2 rings (SSSR count). The number of hydrogen-bond donors (Lipinski definition) is 2. The largest absolute Gasteiger partial charge is 0.356 e. The van der Waals surface area contributed by atoms with E-state index in [1.165, 1.54) is 11.1 Å². The molecule has 0 aliphatic carbocycles. The highest BCUT2D eigenvalue weighted by Gasteiger charge is 2.13. The van der Waals surface area contributed by atoms with E-state index in [1.54, 1.807) is 0 Å². The molecule has 0 radical (unpaired) electrons. The first kappa shape index (κ1) is 15.5. The molecule has 0 saturated carbocycles. The molecule has 4 nitrogen and oxygen atoms in total. The van der Waals surface area contributed by atoms with Gasteiger partial charge in [0.05, 0.1) is 11.7 Å². The molecule has 0 aliphatic rings. The Balaban J connectivity index is 2.05. The predicted molar refractivity (Wildman–Crippen MR) is 91.6 cm³/mol. The van der Waals surface area contributed by atoms with Gasteiger partial charge in [-0.15, -0.1) is 0 Å². The molecule has 1 unspecified atom stereocenters. The van der Waals surface area contributed by atoms with Crippen LogP contribution in [0, 0.1) is 20.8 Å². The molecule has 112 valence electrons. The smallest absolute Gasteiger partial charge is 0.171 e. The van der Waals surface area contributed by atoms with Crippen LogP contribution >= 0.6 is 12.2 Å². The first-order valence-corrected chi connectivity index (χ1v) is 7.43. The van der Waals surface area contributed by atoms with Crippen LogP contribution in [-0.4, -0.2) is 14.9 Å². The van der Waals surface area contributed by atoms with Gasteiger partial charge in [0.2, 0.25) is 0 Å². The fourth-order valence-electron chi connectivity index (χ4n) is 2.36. The molecule has 1 aromatic carbocycles. The Morgan fingerprint density at radius 3 is 2.62 bits per heavy atom. The molecule has 0 fully saturated rings. The summed E-state index contributed by atoms with van der Waals surface area (Å²) in [7, 11) is 1.93. The van der Waals surface area contributed by atoms with Crippen molar-refractivity contribution in [1.82, 2.24) is 15.1 Å². The fourth-order valence-corrected chi connectivity index (χ4v) is 2.65. The third kappa shape index (κ3) is 3.61. The van der Waals surface area contributed by atoms with Gasteiger partial charge in [-0.25, -0.2) is 0 Å². The number of thiocarbonyl (C=S) groups is 1. The minimum absolute atomic E-state index is 0.115. The van der Waals surface area contributed by atoms with Crippen LogP contribution in [0.4, 0.5) is 5.69 Å². The first-order chi connectivity index (χ1) is 9.88. The quantitative estimate of drug-likeness (QED) is 0.853. The van der Waals surface area contributed by atoms with Gasteiger partial charge in [0.1, 0.15) is 0 Å². The highest BCUT2D eigenvalue weighted by Crippen LogP contribution is 2.19. The zero-order valence-electron chi connectivity index (χ0n) is 13.2. The van der Waals surface area contributed by atoms with Gasteiger partial charge in [0.25, 0.3) is 0 Å². The van der Waals surface area contributed by atoms with Crippen LogP contribution in [0.25, 0.3) is 0 Å². The van der Waals surface area contributed by atoms with Crippen LogP contribution < -0.4 is 10.6 Å². The monoisotopic (exact) mass is 302 g/mol. The summed E-state index contributed by atoms with van der Waals surface area (Å²) in [5, 5.41) is 11.6. The van der Waals surface area contributed by atoms with Crippen LogP contribution in [0.2, 0.25) is 0 Å². The van der Waals surface area contributed by atoms with E-state index in [1.807, 2.05) is 37.0 Å². The normalized spacial score (nSPS) is 12.0. The summed E-state index contributed by atoms with van der Waals surface area (Å²) < 4.78 is 1.82. The molecular formula is C16H22N4S. The van der Waals surface area contributed by atoms with Gasteiger partial charge >= 0.3 is 0 Å². The maximum absolute atomic E-state index is 5.42. The summed E-state index contributed by atoms with van der Waals surface area (Å²) in [6, 6.07) is 6.28. The predicted octanol–water partition coefficient (Wildman–Crippen LogP) is 3.39. The lowest BCUT2D eigenvalue weighted by Gasteiger charge is -2.18. The van der Waals surface area contributed by atoms with Gasteiger partial charge in [-0.1, -0.05) is 12.1 Å². The third-order valence-corrected chi connectivity index (χ3v) is 3.94. The number of anilines is 1. The first-order valence-electron chi connectivity index (χ1n) is 7.02. The third-order valence-electron chi connectivity index (χ3n) is 3.72. The average molecular weight is 302 g/mol. The number of benzene rings is 1. The molecule has 2 aromatic rings. The van der Waals surface area contributed by atoms with E-state index in [2.05, 4.69) is 42.6 Å². The van der Waals surface area contributed by atoms with Crippen molar-refractivity contribution >= 4 is 23.0 Å². The van der Waals surface area contributed by atoms with Crippen molar-refractivity contribution in [3.05, 3.63) is 46.8 Å². The minimum atomic E-state index is 0.115. The van der Waals surface area contributed by atoms with E-state index < -0.39 is 0 Å². The van der Waals surface area contributed by atoms with E-state index in [9.17, 15) is 0 Å². The highest BCUT2D eigenvalue weighted by molar-refractivity contribution is 7.80. The summed E-state index contributed by atoms with van der Waals surface area (Å²) in [4.78, 5) is 0. The van der Waals surface area contributed by atoms with Crippen LogP contribution in [0.3, 0.4) is 0 Å². The number of hydrogen-bond acceptors (Lipinski definition) is 2. The fraction of sp³-hybridized carbons (Fsp3) is 0.375. The van der Waals surface area contributed by atoms with Gasteiger partial charge in [-0.05, 0) is 57.1 Å². The molecule has 1 aromatic heterocycles. The summed E-state index contributed by atoms with van der Waals surface area (Å²) >= 11 is 5.42. The number of nitrogens with zero attached hydrogens (tertiary/aromatic N) is 2. The van der Waals surface area contributed by atoms with Gasteiger partial charge < -0.3 is 10.6 Å². The summed E-state index contributed by atoms with van der Waals surface area (Å²) in [6.45, 7) is 8.28. The van der Waals surface area contributed by atoms with Crippen molar-refractivity contribution in [3.8, 4) is 0 Å². The molecule has 1 heterocycles. The molecule has 0 saturated heterocycles. The Kier molecular flexibility index (Phi) is 4.63.